The van der Waals surface area contributed by atoms with E-state index in [4.69, 9.17) is 0 Å². The molecule has 136 valence electrons. The highest BCUT2D eigenvalue weighted by atomic mass is 16.3. The fourth-order valence-electron chi connectivity index (χ4n) is 3.12. The molecule has 0 radical (unpaired) electrons. The fraction of sp³-hybridized carbons (Fsp3) is 0.571. The fourth-order valence-corrected chi connectivity index (χ4v) is 3.12. The summed E-state index contributed by atoms with van der Waals surface area (Å²) >= 11 is 0. The van der Waals surface area contributed by atoms with E-state index in [9.17, 15) is 9.90 Å². The molecule has 0 saturated carbocycles. The first-order valence-electron chi connectivity index (χ1n) is 9.14. The molecule has 0 spiro atoms. The number of likely N-dealkylation sites (tertiary alicyclic amines) is 1. The van der Waals surface area contributed by atoms with E-state index in [2.05, 4.69) is 35.9 Å². The lowest BCUT2D eigenvalue weighted by molar-refractivity contribution is 0.0927. The van der Waals surface area contributed by atoms with Gasteiger partial charge in [0.05, 0.1) is 0 Å². The molecule has 25 heavy (non-hydrogen) atoms. The summed E-state index contributed by atoms with van der Waals surface area (Å²) in [5, 5.41) is 12.8. The Bertz CT molecular complexity index is 644. The number of amides is 1. The van der Waals surface area contributed by atoms with Gasteiger partial charge < -0.3 is 10.4 Å². The first kappa shape index (κ1) is 19.5. The van der Waals surface area contributed by atoms with Crippen molar-refractivity contribution in [2.75, 3.05) is 19.6 Å². The number of hydrogen-bond donors (Lipinski definition) is 2. The number of benzene rings is 1. The summed E-state index contributed by atoms with van der Waals surface area (Å²) < 4.78 is 0. The third-order valence-corrected chi connectivity index (χ3v) is 4.49. The summed E-state index contributed by atoms with van der Waals surface area (Å²) in [6.45, 7) is 10.6. The zero-order valence-corrected chi connectivity index (χ0v) is 15.8. The molecule has 2 N–H and O–H groups in total. The summed E-state index contributed by atoms with van der Waals surface area (Å²) in [6, 6.07) is 7.61. The lowest BCUT2D eigenvalue weighted by Gasteiger charge is -2.31. The van der Waals surface area contributed by atoms with Crippen molar-refractivity contribution in [2.24, 2.45) is 5.92 Å². The molecule has 1 atom stereocenters. The summed E-state index contributed by atoms with van der Waals surface area (Å²) in [6.07, 6.45) is 2.50. The molecule has 1 heterocycles. The van der Waals surface area contributed by atoms with Gasteiger partial charge in [0.2, 0.25) is 0 Å². The third kappa shape index (κ3) is 6.19. The first-order chi connectivity index (χ1) is 11.8. The van der Waals surface area contributed by atoms with E-state index in [1.807, 2.05) is 12.1 Å². The lowest BCUT2D eigenvalue weighted by Crippen LogP contribution is -2.45. The van der Waals surface area contributed by atoms with Crippen molar-refractivity contribution in [1.82, 2.24) is 10.2 Å². The smallest absolute Gasteiger partial charge is 0.251 e. The summed E-state index contributed by atoms with van der Waals surface area (Å²) in [7, 11) is 0. The minimum absolute atomic E-state index is 0.0724. The second-order valence-corrected chi connectivity index (χ2v) is 7.65. The van der Waals surface area contributed by atoms with Gasteiger partial charge in [0, 0.05) is 23.7 Å². The van der Waals surface area contributed by atoms with E-state index in [-0.39, 0.29) is 5.91 Å². The van der Waals surface area contributed by atoms with Gasteiger partial charge in [-0.1, -0.05) is 31.8 Å². The maximum absolute atomic E-state index is 12.5. The minimum Gasteiger partial charge on any atom is -0.378 e. The normalized spacial score (nSPS) is 16.4. The van der Waals surface area contributed by atoms with Crippen LogP contribution in [0.15, 0.2) is 24.3 Å². The average molecular weight is 342 g/mol. The number of carbonyl (C=O) groups excluding carboxylic acids is 1. The van der Waals surface area contributed by atoms with Crippen molar-refractivity contribution in [3.63, 3.8) is 0 Å². The summed E-state index contributed by atoms with van der Waals surface area (Å²) in [5.74, 6) is 6.12. The molecular formula is C21H30N2O2. The Hall–Kier alpha value is -1.83. The molecular weight excluding hydrogens is 312 g/mol. The molecule has 4 heteroatoms. The van der Waals surface area contributed by atoms with Crippen molar-refractivity contribution in [2.45, 2.75) is 52.2 Å². The van der Waals surface area contributed by atoms with E-state index in [0.29, 0.717) is 24.1 Å². The zero-order valence-electron chi connectivity index (χ0n) is 15.8. The Kier molecular flexibility index (Phi) is 6.64. The van der Waals surface area contributed by atoms with E-state index in [0.717, 1.165) is 18.7 Å². The van der Waals surface area contributed by atoms with Crippen LogP contribution in [-0.4, -0.2) is 47.2 Å². The monoisotopic (exact) mass is 342 g/mol. The predicted octanol–water partition coefficient (Wildman–Crippen LogP) is 2.66. The Morgan fingerprint density at radius 1 is 1.32 bits per heavy atom. The van der Waals surface area contributed by atoms with Crippen LogP contribution in [0.4, 0.5) is 0 Å². The van der Waals surface area contributed by atoms with Gasteiger partial charge in [0.25, 0.3) is 5.91 Å². The molecule has 1 aromatic carbocycles. The second-order valence-electron chi connectivity index (χ2n) is 7.65. The third-order valence-electron chi connectivity index (χ3n) is 4.49. The minimum atomic E-state index is -1.04. The Morgan fingerprint density at radius 2 is 2.00 bits per heavy atom. The highest BCUT2D eigenvalue weighted by molar-refractivity contribution is 5.94. The number of nitrogens with one attached hydrogen (secondary N) is 1. The van der Waals surface area contributed by atoms with Gasteiger partial charge in [-0.2, -0.15) is 0 Å². The highest BCUT2D eigenvalue weighted by Crippen LogP contribution is 2.17. The number of nitrogens with zero attached hydrogens (tertiary/aromatic N) is 1. The topological polar surface area (TPSA) is 52.6 Å². The van der Waals surface area contributed by atoms with Gasteiger partial charge in [0.15, 0.2) is 0 Å². The van der Waals surface area contributed by atoms with Gasteiger partial charge >= 0.3 is 0 Å². The molecule has 0 aromatic heterocycles. The van der Waals surface area contributed by atoms with Crippen LogP contribution >= 0.6 is 0 Å². The van der Waals surface area contributed by atoms with Crippen LogP contribution in [0.2, 0.25) is 0 Å². The maximum Gasteiger partial charge on any atom is 0.251 e. The molecule has 4 nitrogen and oxygen atoms in total. The lowest BCUT2D eigenvalue weighted by atomic mass is 10.0. The molecule has 0 aliphatic carbocycles. The van der Waals surface area contributed by atoms with Crippen LogP contribution in [0, 0.1) is 17.8 Å². The Morgan fingerprint density at radius 3 is 2.60 bits per heavy atom. The van der Waals surface area contributed by atoms with Crippen molar-refractivity contribution in [1.29, 1.82) is 0 Å². The SMILES string of the molecule is CC(C)[C@@H](CNC(=O)c1cccc(C#CC(C)(C)O)c1)N1CCCC1. The molecule has 1 aromatic rings. The zero-order chi connectivity index (χ0) is 18.4. The van der Waals surface area contributed by atoms with Crippen molar-refractivity contribution >= 4 is 5.91 Å². The number of hydrogen-bond acceptors (Lipinski definition) is 3. The molecule has 1 aliphatic rings. The molecule has 1 aliphatic heterocycles. The van der Waals surface area contributed by atoms with E-state index in [1.54, 1.807) is 26.0 Å². The largest absolute Gasteiger partial charge is 0.378 e. The standard InChI is InChI=1S/C21H30N2O2/c1-16(2)19(23-12-5-6-13-23)15-22-20(24)18-9-7-8-17(14-18)10-11-21(3,4)25/h7-9,14,16,19,25H,5-6,12-13,15H2,1-4H3,(H,22,24)/t19-/m1/s1. The molecule has 0 unspecified atom stereocenters. The van der Waals surface area contributed by atoms with E-state index >= 15 is 0 Å². The molecule has 1 fully saturated rings. The number of carbonyl (C=O) groups is 1. The number of rotatable bonds is 5. The first-order valence-corrected chi connectivity index (χ1v) is 9.14. The molecule has 2 rings (SSSR count). The summed E-state index contributed by atoms with van der Waals surface area (Å²) in [4.78, 5) is 15.0. The van der Waals surface area contributed by atoms with Crippen molar-refractivity contribution in [3.8, 4) is 11.8 Å². The number of aliphatic hydroxyl groups is 1. The van der Waals surface area contributed by atoms with Crippen LogP contribution in [0.1, 0.15) is 56.5 Å². The van der Waals surface area contributed by atoms with Gasteiger partial charge in [-0.05, 0) is 63.9 Å². The predicted molar refractivity (Wildman–Crippen MR) is 101 cm³/mol. The van der Waals surface area contributed by atoms with Gasteiger partial charge in [0.1, 0.15) is 5.60 Å². The van der Waals surface area contributed by atoms with E-state index in [1.165, 1.54) is 12.8 Å². The molecule has 1 saturated heterocycles. The quantitative estimate of drug-likeness (QED) is 0.809. The van der Waals surface area contributed by atoms with Crippen molar-refractivity contribution < 1.29 is 9.90 Å². The van der Waals surface area contributed by atoms with Crippen molar-refractivity contribution in [3.05, 3.63) is 35.4 Å². The maximum atomic E-state index is 12.5. The highest BCUT2D eigenvalue weighted by Gasteiger charge is 2.25. The van der Waals surface area contributed by atoms with E-state index < -0.39 is 5.60 Å². The second kappa shape index (κ2) is 8.51. The van der Waals surface area contributed by atoms with Gasteiger partial charge in [-0.25, -0.2) is 0 Å². The van der Waals surface area contributed by atoms with Crippen LogP contribution in [0.3, 0.4) is 0 Å². The van der Waals surface area contributed by atoms with Gasteiger partial charge in [-0.3, -0.25) is 9.69 Å². The average Bonchev–Trinajstić information content (AvgIpc) is 3.06. The Balaban J connectivity index is 2.01. The Labute approximate surface area is 151 Å². The molecule has 0 bridgehead atoms. The summed E-state index contributed by atoms with van der Waals surface area (Å²) in [5.41, 5.74) is 0.291. The molecule has 1 amide bonds. The van der Waals surface area contributed by atoms with Crippen LogP contribution < -0.4 is 5.32 Å². The van der Waals surface area contributed by atoms with Crippen LogP contribution in [-0.2, 0) is 0 Å². The van der Waals surface area contributed by atoms with Crippen LogP contribution in [0.5, 0.6) is 0 Å². The van der Waals surface area contributed by atoms with Crippen LogP contribution in [0.25, 0.3) is 0 Å². The van der Waals surface area contributed by atoms with Gasteiger partial charge in [-0.15, -0.1) is 0 Å².